The average molecular weight is 402 g/mol. The van der Waals surface area contributed by atoms with Crippen molar-refractivity contribution in [3.8, 4) is 0 Å². The van der Waals surface area contributed by atoms with Gasteiger partial charge in [0.1, 0.15) is 11.6 Å². The highest BCUT2D eigenvalue weighted by Gasteiger charge is 2.32. The Kier molecular flexibility index (Phi) is 4.49. The first-order valence-corrected chi connectivity index (χ1v) is 11.1. The first kappa shape index (κ1) is 18.7. The van der Waals surface area contributed by atoms with Crippen LogP contribution in [0.1, 0.15) is 25.8 Å². The molecule has 0 radical (unpaired) electrons. The van der Waals surface area contributed by atoms with Crippen molar-refractivity contribution in [1.82, 2.24) is 19.7 Å². The highest BCUT2D eigenvalue weighted by molar-refractivity contribution is 7.91. The summed E-state index contributed by atoms with van der Waals surface area (Å²) in [6, 6.07) is 6.52. The summed E-state index contributed by atoms with van der Waals surface area (Å²) < 4.78 is 26.5. The quantitative estimate of drug-likeness (QED) is 0.705. The number of rotatable bonds is 4. The van der Waals surface area contributed by atoms with Crippen molar-refractivity contribution in [1.29, 1.82) is 0 Å². The summed E-state index contributed by atoms with van der Waals surface area (Å²) >= 11 is 0. The molecule has 1 aliphatic heterocycles. The average Bonchev–Trinajstić information content (AvgIpc) is 3.17. The highest BCUT2D eigenvalue weighted by Crippen LogP contribution is 2.31. The zero-order chi connectivity index (χ0) is 20.1. The van der Waals surface area contributed by atoms with Crippen LogP contribution in [0, 0.1) is 0 Å². The van der Waals surface area contributed by atoms with Crippen LogP contribution < -0.4 is 10.9 Å². The predicted molar refractivity (Wildman–Crippen MR) is 107 cm³/mol. The number of nitrogens with zero attached hydrogens (tertiary/aromatic N) is 3. The van der Waals surface area contributed by atoms with Gasteiger partial charge in [-0.25, -0.2) is 13.1 Å². The summed E-state index contributed by atoms with van der Waals surface area (Å²) in [6.07, 6.45) is 2.53. The molecule has 1 amide bonds. The molecule has 3 aromatic rings. The topological polar surface area (TPSA) is 103 Å². The van der Waals surface area contributed by atoms with Gasteiger partial charge in [-0.1, -0.05) is 25.1 Å². The molecule has 1 N–H and O–H groups in total. The molecule has 3 heterocycles. The molecule has 1 aliphatic rings. The number of carbonyl (C=O) groups excluding carboxylic acids is 1. The Bertz CT molecular complexity index is 1240. The van der Waals surface area contributed by atoms with Gasteiger partial charge in [0.05, 0.1) is 23.2 Å². The molecule has 0 saturated carbocycles. The number of aromatic nitrogens is 3. The third-order valence-corrected chi connectivity index (χ3v) is 7.15. The second kappa shape index (κ2) is 6.73. The number of sulfone groups is 1. The van der Waals surface area contributed by atoms with E-state index in [1.54, 1.807) is 17.8 Å². The third-order valence-electron chi connectivity index (χ3n) is 5.39. The lowest BCUT2D eigenvalue weighted by Crippen LogP contribution is -2.40. The SMILES string of the molecule is CC[C@H](C(=O)N[C@@H]1CCS(=O)(=O)C1)n1c2ccccc2c2cnn(C)c(=O)c21. The van der Waals surface area contributed by atoms with Crippen molar-refractivity contribution in [2.24, 2.45) is 7.05 Å². The number of amides is 1. The van der Waals surface area contributed by atoms with Crippen molar-refractivity contribution >= 4 is 37.6 Å². The number of hydrogen-bond acceptors (Lipinski definition) is 5. The van der Waals surface area contributed by atoms with E-state index < -0.39 is 15.9 Å². The van der Waals surface area contributed by atoms with Crippen LogP contribution in [-0.2, 0) is 21.7 Å². The highest BCUT2D eigenvalue weighted by atomic mass is 32.2. The van der Waals surface area contributed by atoms with E-state index in [9.17, 15) is 18.0 Å². The van der Waals surface area contributed by atoms with E-state index in [2.05, 4.69) is 10.4 Å². The molecule has 1 fully saturated rings. The zero-order valence-electron chi connectivity index (χ0n) is 15.8. The minimum absolute atomic E-state index is 0.0337. The fourth-order valence-corrected chi connectivity index (χ4v) is 5.68. The normalized spacial score (nSPS) is 19.9. The smallest absolute Gasteiger partial charge is 0.291 e. The van der Waals surface area contributed by atoms with Gasteiger partial charge in [0.2, 0.25) is 5.91 Å². The van der Waals surface area contributed by atoms with Gasteiger partial charge in [0.15, 0.2) is 9.84 Å². The third kappa shape index (κ3) is 2.99. The molecule has 0 bridgehead atoms. The van der Waals surface area contributed by atoms with Crippen LogP contribution >= 0.6 is 0 Å². The maximum atomic E-state index is 13.1. The summed E-state index contributed by atoms with van der Waals surface area (Å²) in [6.45, 7) is 1.88. The van der Waals surface area contributed by atoms with Gasteiger partial charge in [0, 0.05) is 23.9 Å². The Labute approximate surface area is 162 Å². The molecule has 8 nitrogen and oxygen atoms in total. The molecule has 9 heteroatoms. The lowest BCUT2D eigenvalue weighted by molar-refractivity contribution is -0.124. The standard InChI is InChI=1S/C19H22N4O4S/c1-3-15(18(24)21-12-8-9-28(26,27)11-12)23-16-7-5-4-6-13(16)14-10-20-22(2)19(25)17(14)23/h4-7,10,12,15H,3,8-9,11H2,1-2H3,(H,21,24)/t12-,15-/m1/s1. The van der Waals surface area contributed by atoms with Crippen LogP contribution in [0.25, 0.3) is 21.8 Å². The van der Waals surface area contributed by atoms with Crippen LogP contribution in [0.5, 0.6) is 0 Å². The van der Waals surface area contributed by atoms with Gasteiger partial charge in [-0.2, -0.15) is 5.10 Å². The van der Waals surface area contributed by atoms with Gasteiger partial charge in [-0.05, 0) is 18.9 Å². The second-order valence-corrected chi connectivity index (χ2v) is 9.48. The molecule has 1 aromatic carbocycles. The molecule has 2 aromatic heterocycles. The van der Waals surface area contributed by atoms with Gasteiger partial charge >= 0.3 is 0 Å². The molecule has 1 saturated heterocycles. The van der Waals surface area contributed by atoms with Crippen LogP contribution in [0.3, 0.4) is 0 Å². The number of aryl methyl sites for hydroxylation is 1. The van der Waals surface area contributed by atoms with Crippen molar-refractivity contribution in [2.75, 3.05) is 11.5 Å². The molecule has 0 unspecified atom stereocenters. The fourth-order valence-electron chi connectivity index (χ4n) is 4.00. The van der Waals surface area contributed by atoms with E-state index in [1.165, 1.54) is 4.68 Å². The summed E-state index contributed by atoms with van der Waals surface area (Å²) in [5.74, 6) is -0.212. The van der Waals surface area contributed by atoms with E-state index in [4.69, 9.17) is 0 Å². The fraction of sp³-hybridized carbons (Fsp3) is 0.421. The summed E-state index contributed by atoms with van der Waals surface area (Å²) in [7, 11) is -1.51. The molecule has 0 spiro atoms. The lowest BCUT2D eigenvalue weighted by atomic mass is 10.1. The molecule has 148 valence electrons. The van der Waals surface area contributed by atoms with E-state index >= 15 is 0 Å². The number of carbonyl (C=O) groups is 1. The van der Waals surface area contributed by atoms with Crippen molar-refractivity contribution in [3.05, 3.63) is 40.8 Å². The maximum Gasteiger partial charge on any atom is 0.291 e. The number of benzene rings is 1. The van der Waals surface area contributed by atoms with Crippen LogP contribution in [0.4, 0.5) is 0 Å². The van der Waals surface area contributed by atoms with Gasteiger partial charge < -0.3 is 9.88 Å². The lowest BCUT2D eigenvalue weighted by Gasteiger charge is -2.21. The zero-order valence-corrected chi connectivity index (χ0v) is 16.6. The molecular weight excluding hydrogens is 380 g/mol. The van der Waals surface area contributed by atoms with Crippen molar-refractivity contribution in [3.63, 3.8) is 0 Å². The van der Waals surface area contributed by atoms with Gasteiger partial charge in [-0.3, -0.25) is 9.59 Å². The Morgan fingerprint density at radius 1 is 1.32 bits per heavy atom. The van der Waals surface area contributed by atoms with E-state index in [0.29, 0.717) is 23.7 Å². The summed E-state index contributed by atoms with van der Waals surface area (Å²) in [5, 5.41) is 8.56. The van der Waals surface area contributed by atoms with Gasteiger partial charge in [0.25, 0.3) is 5.56 Å². The van der Waals surface area contributed by atoms with Crippen LogP contribution in [0.15, 0.2) is 35.3 Å². The maximum absolute atomic E-state index is 13.1. The Morgan fingerprint density at radius 3 is 2.75 bits per heavy atom. The number of para-hydroxylation sites is 1. The Hall–Kier alpha value is -2.68. The van der Waals surface area contributed by atoms with Gasteiger partial charge in [-0.15, -0.1) is 0 Å². The molecular formula is C19H22N4O4S. The Morgan fingerprint density at radius 2 is 2.07 bits per heavy atom. The minimum Gasteiger partial charge on any atom is -0.351 e. The monoisotopic (exact) mass is 402 g/mol. The molecule has 2 atom stereocenters. The molecule has 4 rings (SSSR count). The number of hydrogen-bond donors (Lipinski definition) is 1. The minimum atomic E-state index is -3.09. The largest absolute Gasteiger partial charge is 0.351 e. The number of nitrogens with one attached hydrogen (secondary N) is 1. The van der Waals surface area contributed by atoms with Crippen LogP contribution in [0.2, 0.25) is 0 Å². The predicted octanol–water partition coefficient (Wildman–Crippen LogP) is 1.14. The second-order valence-electron chi connectivity index (χ2n) is 7.26. The summed E-state index contributed by atoms with van der Waals surface area (Å²) in [5.41, 5.74) is 0.937. The molecule has 28 heavy (non-hydrogen) atoms. The summed E-state index contributed by atoms with van der Waals surface area (Å²) in [4.78, 5) is 25.9. The first-order valence-electron chi connectivity index (χ1n) is 9.28. The molecule has 0 aliphatic carbocycles. The van der Waals surface area contributed by atoms with E-state index in [0.717, 1.165) is 10.9 Å². The van der Waals surface area contributed by atoms with Crippen molar-refractivity contribution < 1.29 is 13.2 Å². The Balaban J connectivity index is 1.84. The van der Waals surface area contributed by atoms with Crippen molar-refractivity contribution in [2.45, 2.75) is 31.8 Å². The van der Waals surface area contributed by atoms with Crippen LogP contribution in [-0.4, -0.2) is 46.2 Å². The number of fused-ring (bicyclic) bond motifs is 3. The van der Waals surface area contributed by atoms with E-state index in [-0.39, 0.29) is 29.0 Å². The van der Waals surface area contributed by atoms with E-state index in [1.807, 2.05) is 31.2 Å². The first-order chi connectivity index (χ1) is 13.3.